The number of nitrogens with zero attached hydrogens (tertiary/aromatic N) is 1. The Morgan fingerprint density at radius 2 is 1.96 bits per heavy atom. The molecule has 0 bridgehead atoms. The first-order valence-corrected chi connectivity index (χ1v) is 9.31. The van der Waals surface area contributed by atoms with Gasteiger partial charge in [-0.05, 0) is 42.7 Å². The van der Waals surface area contributed by atoms with Gasteiger partial charge in [0.1, 0.15) is 12.4 Å². The van der Waals surface area contributed by atoms with Gasteiger partial charge in [0, 0.05) is 6.54 Å². The lowest BCUT2D eigenvalue weighted by molar-refractivity contribution is 0.0898. The number of urea groups is 1. The van der Waals surface area contributed by atoms with Crippen LogP contribution < -0.4 is 19.5 Å². The minimum atomic E-state index is -0.189. The van der Waals surface area contributed by atoms with Crippen molar-refractivity contribution >= 4 is 6.03 Å². The number of rotatable bonds is 4. The molecule has 0 unspecified atom stereocenters. The van der Waals surface area contributed by atoms with Gasteiger partial charge in [-0.15, -0.1) is 0 Å². The minimum absolute atomic E-state index is 0.0595. The molecular weight excluding hydrogens is 344 g/mol. The number of carbonyl (C=O) groups is 1. The first kappa shape index (κ1) is 17.5. The van der Waals surface area contributed by atoms with Crippen molar-refractivity contribution in [3.63, 3.8) is 0 Å². The second-order valence-corrected chi connectivity index (χ2v) is 6.81. The summed E-state index contributed by atoms with van der Waals surface area (Å²) >= 11 is 0. The Labute approximate surface area is 159 Å². The monoisotopic (exact) mass is 368 g/mol. The average Bonchev–Trinajstić information content (AvgIpc) is 3.22. The lowest BCUT2D eigenvalue weighted by Crippen LogP contribution is -2.46. The molecule has 4 rings (SSSR count). The fraction of sp³-hybridized carbons (Fsp3) is 0.381. The predicted octanol–water partition coefficient (Wildman–Crippen LogP) is 3.38. The summed E-state index contributed by atoms with van der Waals surface area (Å²) in [5.41, 5.74) is 1.13. The predicted molar refractivity (Wildman–Crippen MR) is 101 cm³/mol. The van der Waals surface area contributed by atoms with Gasteiger partial charge in [0.15, 0.2) is 17.6 Å². The third-order valence-corrected chi connectivity index (χ3v) is 5.06. The van der Waals surface area contributed by atoms with E-state index >= 15 is 0 Å². The Bertz CT molecular complexity index is 793. The number of likely N-dealkylation sites (tertiary alicyclic amines) is 1. The molecule has 2 aromatic rings. The van der Waals surface area contributed by atoms with Crippen LogP contribution in [-0.4, -0.2) is 43.8 Å². The highest BCUT2D eigenvalue weighted by Gasteiger charge is 2.30. The summed E-state index contributed by atoms with van der Waals surface area (Å²) in [4.78, 5) is 14.6. The molecule has 0 radical (unpaired) electrons. The van der Waals surface area contributed by atoms with Crippen LogP contribution in [0.4, 0.5) is 4.79 Å². The summed E-state index contributed by atoms with van der Waals surface area (Å²) in [6.45, 7) is 1.60. The zero-order chi connectivity index (χ0) is 18.6. The molecule has 6 heteroatoms. The zero-order valence-electron chi connectivity index (χ0n) is 15.4. The maximum absolute atomic E-state index is 12.7. The third-order valence-electron chi connectivity index (χ3n) is 5.06. The molecule has 1 fully saturated rings. The summed E-state index contributed by atoms with van der Waals surface area (Å²) in [7, 11) is 1.65. The number of hydrogen-bond donors (Lipinski definition) is 1. The van der Waals surface area contributed by atoms with Crippen LogP contribution in [0.15, 0.2) is 48.5 Å². The van der Waals surface area contributed by atoms with Crippen molar-refractivity contribution in [2.75, 3.05) is 26.8 Å². The molecule has 6 nitrogen and oxygen atoms in total. The first-order valence-electron chi connectivity index (χ1n) is 9.31. The maximum Gasteiger partial charge on any atom is 0.318 e. The van der Waals surface area contributed by atoms with Crippen molar-refractivity contribution in [3.8, 4) is 17.2 Å². The highest BCUT2D eigenvalue weighted by atomic mass is 16.6. The molecule has 2 atom stereocenters. The number of methoxy groups -OCH3 is 1. The second-order valence-electron chi connectivity index (χ2n) is 6.81. The van der Waals surface area contributed by atoms with Gasteiger partial charge in [0.2, 0.25) is 0 Å². The maximum atomic E-state index is 12.7. The summed E-state index contributed by atoms with van der Waals surface area (Å²) in [5.74, 6) is 2.29. The Morgan fingerprint density at radius 1 is 1.19 bits per heavy atom. The third kappa shape index (κ3) is 3.79. The van der Waals surface area contributed by atoms with E-state index in [1.54, 1.807) is 7.11 Å². The molecule has 2 aromatic carbocycles. The smallest absolute Gasteiger partial charge is 0.318 e. The number of ether oxygens (including phenoxy) is 3. The highest BCUT2D eigenvalue weighted by Crippen LogP contribution is 2.33. The van der Waals surface area contributed by atoms with Crippen LogP contribution in [0.3, 0.4) is 0 Å². The quantitative estimate of drug-likeness (QED) is 0.899. The molecule has 0 aliphatic carbocycles. The molecule has 0 aromatic heterocycles. The van der Waals surface area contributed by atoms with Gasteiger partial charge in [-0.1, -0.05) is 24.3 Å². The van der Waals surface area contributed by atoms with Gasteiger partial charge in [0.05, 0.1) is 19.7 Å². The van der Waals surface area contributed by atoms with Crippen LogP contribution in [0, 0.1) is 0 Å². The molecule has 2 amide bonds. The average molecular weight is 368 g/mol. The van der Waals surface area contributed by atoms with E-state index in [-0.39, 0.29) is 18.2 Å². The van der Waals surface area contributed by atoms with E-state index in [0.29, 0.717) is 13.2 Å². The van der Waals surface area contributed by atoms with E-state index < -0.39 is 0 Å². The molecule has 2 aliphatic heterocycles. The van der Waals surface area contributed by atoms with Crippen LogP contribution in [0.2, 0.25) is 0 Å². The Kier molecular flexibility index (Phi) is 5.05. The topological polar surface area (TPSA) is 60.0 Å². The number of carbonyl (C=O) groups excluding carboxylic acids is 1. The molecule has 2 aliphatic rings. The molecule has 0 spiro atoms. The molecule has 142 valence electrons. The number of benzene rings is 2. The molecule has 1 saturated heterocycles. The van der Waals surface area contributed by atoms with E-state index in [9.17, 15) is 4.79 Å². The minimum Gasteiger partial charge on any atom is -0.497 e. The Hall–Kier alpha value is -2.89. The Morgan fingerprint density at radius 3 is 2.74 bits per heavy atom. The van der Waals surface area contributed by atoms with Crippen molar-refractivity contribution in [2.45, 2.75) is 25.0 Å². The van der Waals surface area contributed by atoms with Crippen molar-refractivity contribution in [2.24, 2.45) is 0 Å². The summed E-state index contributed by atoms with van der Waals surface area (Å²) in [6, 6.07) is 15.6. The van der Waals surface area contributed by atoms with Crippen LogP contribution in [0.1, 0.15) is 24.4 Å². The largest absolute Gasteiger partial charge is 0.497 e. The van der Waals surface area contributed by atoms with Crippen molar-refractivity contribution in [1.82, 2.24) is 10.2 Å². The molecule has 1 N–H and O–H groups in total. The summed E-state index contributed by atoms with van der Waals surface area (Å²) in [6.07, 6.45) is 1.78. The lowest BCUT2D eigenvalue weighted by atomic mass is 10.0. The summed E-state index contributed by atoms with van der Waals surface area (Å²) in [5, 5.41) is 3.00. The standard InChI is InChI=1S/C21H24N2O4/c1-25-16-10-8-15(9-11-16)18-5-4-12-23(18)21(24)22-13-17-14-26-19-6-2-3-7-20(19)27-17/h2-3,6-11,17-18H,4-5,12-14H2,1H3,(H,22,24)/t17-,18+/m0/s1. The van der Waals surface area contributed by atoms with Gasteiger partial charge in [-0.3, -0.25) is 0 Å². The molecule has 0 saturated carbocycles. The summed E-state index contributed by atoms with van der Waals surface area (Å²) < 4.78 is 16.8. The molecule has 27 heavy (non-hydrogen) atoms. The van der Waals surface area contributed by atoms with Crippen molar-refractivity contribution < 1.29 is 19.0 Å². The van der Waals surface area contributed by atoms with Crippen LogP contribution in [0.5, 0.6) is 17.2 Å². The van der Waals surface area contributed by atoms with E-state index in [4.69, 9.17) is 14.2 Å². The van der Waals surface area contributed by atoms with Gasteiger partial charge in [-0.25, -0.2) is 4.79 Å². The van der Waals surface area contributed by atoms with E-state index in [0.717, 1.165) is 42.2 Å². The van der Waals surface area contributed by atoms with Crippen LogP contribution in [0.25, 0.3) is 0 Å². The van der Waals surface area contributed by atoms with Gasteiger partial charge in [-0.2, -0.15) is 0 Å². The van der Waals surface area contributed by atoms with Gasteiger partial charge < -0.3 is 24.4 Å². The van der Waals surface area contributed by atoms with Crippen molar-refractivity contribution in [1.29, 1.82) is 0 Å². The van der Waals surface area contributed by atoms with E-state index in [1.165, 1.54) is 0 Å². The molecular formula is C21H24N2O4. The SMILES string of the molecule is COc1ccc([C@H]2CCCN2C(=O)NC[C@H]2COc3ccccc3O2)cc1. The number of hydrogen-bond acceptors (Lipinski definition) is 4. The highest BCUT2D eigenvalue weighted by molar-refractivity contribution is 5.75. The normalized spacial score (nSPS) is 21.0. The van der Waals surface area contributed by atoms with Gasteiger partial charge in [0.25, 0.3) is 0 Å². The Balaban J connectivity index is 1.35. The fourth-order valence-corrected chi connectivity index (χ4v) is 3.65. The fourth-order valence-electron chi connectivity index (χ4n) is 3.65. The number of fused-ring (bicyclic) bond motifs is 1. The zero-order valence-corrected chi connectivity index (χ0v) is 15.4. The lowest BCUT2D eigenvalue weighted by Gasteiger charge is -2.29. The molecule has 2 heterocycles. The van der Waals surface area contributed by atoms with Crippen LogP contribution >= 0.6 is 0 Å². The number of amides is 2. The number of nitrogens with one attached hydrogen (secondary N) is 1. The van der Waals surface area contributed by atoms with E-state index in [2.05, 4.69) is 5.32 Å². The first-order chi connectivity index (χ1) is 13.2. The van der Waals surface area contributed by atoms with Gasteiger partial charge >= 0.3 is 6.03 Å². The van der Waals surface area contributed by atoms with E-state index in [1.807, 2.05) is 53.4 Å². The van der Waals surface area contributed by atoms with Crippen molar-refractivity contribution in [3.05, 3.63) is 54.1 Å². The van der Waals surface area contributed by atoms with Crippen LogP contribution in [-0.2, 0) is 0 Å². The second kappa shape index (κ2) is 7.78. The number of para-hydroxylation sites is 2.